The fourth-order valence-electron chi connectivity index (χ4n) is 1.63. The summed E-state index contributed by atoms with van der Waals surface area (Å²) in [7, 11) is 0. The molecule has 0 atom stereocenters. The molecule has 6 heteroatoms. The van der Waals surface area contributed by atoms with Crippen molar-refractivity contribution in [2.45, 2.75) is 6.92 Å². The number of nitro benzene ring substituents is 1. The summed E-state index contributed by atoms with van der Waals surface area (Å²) in [6, 6.07) is 9.82. The van der Waals surface area contributed by atoms with E-state index in [4.69, 9.17) is 10.00 Å². The van der Waals surface area contributed by atoms with Gasteiger partial charge < -0.3 is 4.74 Å². The highest BCUT2D eigenvalue weighted by Crippen LogP contribution is 2.33. The van der Waals surface area contributed by atoms with Crippen molar-refractivity contribution in [2.75, 3.05) is 0 Å². The van der Waals surface area contributed by atoms with Crippen molar-refractivity contribution in [1.82, 2.24) is 0 Å². The van der Waals surface area contributed by atoms with E-state index in [-0.39, 0.29) is 22.7 Å². The lowest BCUT2D eigenvalue weighted by atomic mass is 10.2. The van der Waals surface area contributed by atoms with Crippen LogP contribution < -0.4 is 4.74 Å². The second-order valence-corrected chi connectivity index (χ2v) is 4.09. The maximum Gasteiger partial charge on any atom is 0.311 e. The molecule has 0 saturated heterocycles. The lowest BCUT2D eigenvalue weighted by Crippen LogP contribution is -1.95. The molecule has 0 amide bonds. The largest absolute Gasteiger partial charge is 0.447 e. The molecule has 0 aromatic heterocycles. The average molecular weight is 272 g/mol. The van der Waals surface area contributed by atoms with Crippen LogP contribution in [0, 0.1) is 34.2 Å². The lowest BCUT2D eigenvalue weighted by molar-refractivity contribution is -0.385. The quantitative estimate of drug-likeness (QED) is 0.630. The summed E-state index contributed by atoms with van der Waals surface area (Å²) >= 11 is 0. The molecule has 100 valence electrons. The predicted molar refractivity (Wildman–Crippen MR) is 69.0 cm³/mol. The number of halogens is 1. The van der Waals surface area contributed by atoms with E-state index in [1.807, 2.05) is 0 Å². The van der Waals surface area contributed by atoms with Crippen LogP contribution in [0.25, 0.3) is 0 Å². The number of nitriles is 1. The summed E-state index contributed by atoms with van der Waals surface area (Å²) < 4.78 is 18.9. The van der Waals surface area contributed by atoms with Crippen LogP contribution >= 0.6 is 0 Å². The van der Waals surface area contributed by atoms with E-state index in [1.165, 1.54) is 24.3 Å². The zero-order valence-electron chi connectivity index (χ0n) is 10.5. The third kappa shape index (κ3) is 2.72. The molecule has 2 aromatic carbocycles. The average Bonchev–Trinajstić information content (AvgIpc) is 2.42. The summed E-state index contributed by atoms with van der Waals surface area (Å²) in [5.41, 5.74) is 0.603. The highest BCUT2D eigenvalue weighted by atomic mass is 19.1. The minimum absolute atomic E-state index is 0.0517. The Morgan fingerprint density at radius 2 is 1.95 bits per heavy atom. The number of aryl methyl sites for hydroxylation is 1. The van der Waals surface area contributed by atoms with E-state index in [1.54, 1.807) is 19.1 Å². The molecule has 0 spiro atoms. The molecule has 0 fully saturated rings. The molecule has 0 aliphatic rings. The second-order valence-electron chi connectivity index (χ2n) is 4.09. The molecular weight excluding hydrogens is 263 g/mol. The molecule has 0 aliphatic heterocycles. The Balaban J connectivity index is 2.40. The van der Waals surface area contributed by atoms with Crippen molar-refractivity contribution >= 4 is 5.69 Å². The van der Waals surface area contributed by atoms with Crippen molar-refractivity contribution in [3.8, 4) is 17.6 Å². The van der Waals surface area contributed by atoms with E-state index >= 15 is 0 Å². The molecule has 2 rings (SSSR count). The van der Waals surface area contributed by atoms with Gasteiger partial charge >= 0.3 is 5.69 Å². The highest BCUT2D eigenvalue weighted by Gasteiger charge is 2.17. The molecule has 20 heavy (non-hydrogen) atoms. The van der Waals surface area contributed by atoms with Crippen LogP contribution in [0.3, 0.4) is 0 Å². The zero-order chi connectivity index (χ0) is 14.7. The first kappa shape index (κ1) is 13.5. The lowest BCUT2D eigenvalue weighted by Gasteiger charge is -2.07. The molecule has 0 unspecified atom stereocenters. The van der Waals surface area contributed by atoms with Crippen molar-refractivity contribution < 1.29 is 14.1 Å². The van der Waals surface area contributed by atoms with Crippen LogP contribution in [0.2, 0.25) is 0 Å². The van der Waals surface area contributed by atoms with Gasteiger partial charge in [0.1, 0.15) is 0 Å². The molecule has 5 nitrogen and oxygen atoms in total. The van der Waals surface area contributed by atoms with E-state index in [0.717, 1.165) is 6.07 Å². The first-order valence-electron chi connectivity index (χ1n) is 5.64. The molecule has 0 heterocycles. The van der Waals surface area contributed by atoms with Crippen LogP contribution in [0.15, 0.2) is 36.4 Å². The number of hydrogen-bond acceptors (Lipinski definition) is 4. The molecule has 0 aliphatic carbocycles. The van der Waals surface area contributed by atoms with Gasteiger partial charge in [-0.15, -0.1) is 0 Å². The van der Waals surface area contributed by atoms with E-state index in [0.29, 0.717) is 5.56 Å². The number of hydrogen-bond donors (Lipinski definition) is 0. The Bertz CT molecular complexity index is 723. The van der Waals surface area contributed by atoms with Gasteiger partial charge in [0, 0.05) is 6.07 Å². The predicted octanol–water partition coefficient (Wildman–Crippen LogP) is 3.71. The summed E-state index contributed by atoms with van der Waals surface area (Å²) in [5.74, 6) is -0.973. The SMILES string of the molecule is Cc1ccc(Oc2ccc(C#N)cc2F)c([N+](=O)[O-])c1. The van der Waals surface area contributed by atoms with E-state index in [9.17, 15) is 14.5 Å². The summed E-state index contributed by atoms with van der Waals surface area (Å²) in [6.07, 6.45) is 0. The first-order chi connectivity index (χ1) is 9.51. The smallest absolute Gasteiger partial charge is 0.311 e. The normalized spacial score (nSPS) is 9.85. The highest BCUT2D eigenvalue weighted by molar-refractivity contribution is 5.50. The number of nitrogens with zero attached hydrogens (tertiary/aromatic N) is 2. The van der Waals surface area contributed by atoms with Gasteiger partial charge in [0.15, 0.2) is 11.6 Å². The standard InChI is InChI=1S/C14H9FN2O3/c1-9-2-4-14(12(6-9)17(18)19)20-13-5-3-10(8-16)7-11(13)15/h2-7H,1H3. The molecule has 0 bridgehead atoms. The van der Waals surface area contributed by atoms with Crippen LogP contribution in [0.1, 0.15) is 11.1 Å². The Hall–Kier alpha value is -2.94. The molecule has 0 saturated carbocycles. The van der Waals surface area contributed by atoms with Gasteiger partial charge in [-0.3, -0.25) is 10.1 Å². The van der Waals surface area contributed by atoms with Gasteiger partial charge in [0.2, 0.25) is 5.75 Å². The van der Waals surface area contributed by atoms with Gasteiger partial charge in [-0.25, -0.2) is 4.39 Å². The summed E-state index contributed by atoms with van der Waals surface area (Å²) in [6.45, 7) is 1.71. The monoisotopic (exact) mass is 272 g/mol. The van der Waals surface area contributed by atoms with Gasteiger partial charge in [0.05, 0.1) is 16.6 Å². The topological polar surface area (TPSA) is 76.2 Å². The number of rotatable bonds is 3. The van der Waals surface area contributed by atoms with Crippen molar-refractivity contribution in [3.05, 3.63) is 63.5 Å². The number of nitro groups is 1. The number of benzene rings is 2. The molecule has 0 N–H and O–H groups in total. The fraction of sp³-hybridized carbons (Fsp3) is 0.0714. The van der Waals surface area contributed by atoms with Gasteiger partial charge in [-0.1, -0.05) is 6.07 Å². The van der Waals surface area contributed by atoms with Crippen molar-refractivity contribution in [2.24, 2.45) is 0 Å². The zero-order valence-corrected chi connectivity index (χ0v) is 10.5. The minimum atomic E-state index is -0.751. The maximum absolute atomic E-state index is 13.7. The third-order valence-electron chi connectivity index (χ3n) is 2.59. The van der Waals surface area contributed by atoms with Gasteiger partial charge in [-0.05, 0) is 36.8 Å². The second kappa shape index (κ2) is 5.36. The minimum Gasteiger partial charge on any atom is -0.447 e. The maximum atomic E-state index is 13.7. The molecule has 0 radical (unpaired) electrons. The molecular formula is C14H9FN2O3. The van der Waals surface area contributed by atoms with Crippen molar-refractivity contribution in [1.29, 1.82) is 5.26 Å². The summed E-state index contributed by atoms with van der Waals surface area (Å²) in [4.78, 5) is 10.3. The van der Waals surface area contributed by atoms with Crippen LogP contribution in [0.4, 0.5) is 10.1 Å². The Kier molecular flexibility index (Phi) is 3.62. The first-order valence-corrected chi connectivity index (χ1v) is 5.64. The Morgan fingerprint density at radius 3 is 2.55 bits per heavy atom. The molecule has 2 aromatic rings. The Morgan fingerprint density at radius 1 is 1.25 bits per heavy atom. The third-order valence-corrected chi connectivity index (χ3v) is 2.59. The Labute approximate surface area is 114 Å². The van der Waals surface area contributed by atoms with Gasteiger partial charge in [0.25, 0.3) is 0 Å². The number of ether oxygens (including phenoxy) is 1. The van der Waals surface area contributed by atoms with E-state index < -0.39 is 10.7 Å². The van der Waals surface area contributed by atoms with E-state index in [2.05, 4.69) is 0 Å². The summed E-state index contributed by atoms with van der Waals surface area (Å²) in [5, 5.41) is 19.6. The van der Waals surface area contributed by atoms with Crippen LogP contribution in [0.5, 0.6) is 11.5 Å². The van der Waals surface area contributed by atoms with Crippen LogP contribution in [-0.2, 0) is 0 Å². The van der Waals surface area contributed by atoms with Crippen LogP contribution in [-0.4, -0.2) is 4.92 Å². The van der Waals surface area contributed by atoms with Crippen molar-refractivity contribution in [3.63, 3.8) is 0 Å². The van der Waals surface area contributed by atoms with Gasteiger partial charge in [-0.2, -0.15) is 5.26 Å². The fourth-order valence-corrected chi connectivity index (χ4v) is 1.63.